The van der Waals surface area contributed by atoms with Gasteiger partial charge in [0.25, 0.3) is 0 Å². The molecule has 1 rings (SSSR count). The fourth-order valence-electron chi connectivity index (χ4n) is 1.44. The first-order valence-electron chi connectivity index (χ1n) is 4.35. The van der Waals surface area contributed by atoms with Crippen LogP contribution in [0.4, 0.5) is 0 Å². The molecule has 0 spiro atoms. The monoisotopic (exact) mass is 204 g/mol. The maximum atomic E-state index is 11.5. The van der Waals surface area contributed by atoms with Crippen LogP contribution < -0.4 is 5.32 Å². The van der Waals surface area contributed by atoms with Crippen molar-refractivity contribution in [2.75, 3.05) is 25.9 Å². The van der Waals surface area contributed by atoms with Crippen LogP contribution >= 0.6 is 0 Å². The van der Waals surface area contributed by atoms with Crippen molar-refractivity contribution in [3.63, 3.8) is 0 Å². The fraction of sp³-hybridized carbons (Fsp3) is 0.750. The van der Waals surface area contributed by atoms with Gasteiger partial charge in [0.1, 0.15) is 0 Å². The zero-order chi connectivity index (χ0) is 9.90. The molecule has 1 heterocycles. The first-order valence-corrected chi connectivity index (χ1v) is 5.96. The van der Waals surface area contributed by atoms with E-state index in [1.165, 1.54) is 10.4 Å². The Hall–Kier alpha value is -0.390. The molecule has 0 saturated carbocycles. The number of sulfonamides is 1. The standard InChI is InChI=1S/C8H16N2O2S/c1-3-6-13(11,12)10(2)8-4-5-9-7-8/h3,8-9H,1,4-7H2,2H3. The molecule has 0 radical (unpaired) electrons. The van der Waals surface area contributed by atoms with Gasteiger partial charge < -0.3 is 5.32 Å². The third kappa shape index (κ3) is 2.52. The molecule has 1 saturated heterocycles. The average Bonchev–Trinajstić information content (AvgIpc) is 2.54. The fourth-order valence-corrected chi connectivity index (χ4v) is 2.61. The third-order valence-electron chi connectivity index (χ3n) is 2.32. The summed E-state index contributed by atoms with van der Waals surface area (Å²) in [5.74, 6) is 0.0278. The Morgan fingerprint density at radius 1 is 1.69 bits per heavy atom. The molecule has 0 aromatic carbocycles. The number of hydrogen-bond acceptors (Lipinski definition) is 3. The van der Waals surface area contributed by atoms with E-state index < -0.39 is 10.0 Å². The highest BCUT2D eigenvalue weighted by atomic mass is 32.2. The van der Waals surface area contributed by atoms with Crippen molar-refractivity contribution in [2.45, 2.75) is 12.5 Å². The molecule has 0 aliphatic carbocycles. The Kier molecular flexibility index (Phi) is 3.47. The summed E-state index contributed by atoms with van der Waals surface area (Å²) in [4.78, 5) is 0. The molecular weight excluding hydrogens is 188 g/mol. The lowest BCUT2D eigenvalue weighted by atomic mass is 10.3. The highest BCUT2D eigenvalue weighted by molar-refractivity contribution is 7.89. The van der Waals surface area contributed by atoms with E-state index in [0.717, 1.165) is 19.5 Å². The summed E-state index contributed by atoms with van der Waals surface area (Å²) >= 11 is 0. The van der Waals surface area contributed by atoms with E-state index in [1.807, 2.05) is 0 Å². The van der Waals surface area contributed by atoms with Crippen LogP contribution in [0.5, 0.6) is 0 Å². The molecule has 1 fully saturated rings. The molecule has 0 amide bonds. The topological polar surface area (TPSA) is 49.4 Å². The van der Waals surface area contributed by atoms with E-state index in [4.69, 9.17) is 0 Å². The van der Waals surface area contributed by atoms with Gasteiger partial charge in [0.15, 0.2) is 0 Å². The van der Waals surface area contributed by atoms with E-state index in [9.17, 15) is 8.42 Å². The molecule has 0 aromatic rings. The van der Waals surface area contributed by atoms with Gasteiger partial charge >= 0.3 is 0 Å². The van der Waals surface area contributed by atoms with Crippen molar-refractivity contribution in [1.29, 1.82) is 0 Å². The van der Waals surface area contributed by atoms with Crippen LogP contribution in [0.3, 0.4) is 0 Å². The summed E-state index contributed by atoms with van der Waals surface area (Å²) in [5, 5.41) is 3.14. The van der Waals surface area contributed by atoms with Crippen LogP contribution in [-0.2, 0) is 10.0 Å². The highest BCUT2D eigenvalue weighted by Crippen LogP contribution is 2.11. The minimum absolute atomic E-state index is 0.0278. The van der Waals surface area contributed by atoms with Crippen molar-refractivity contribution in [1.82, 2.24) is 9.62 Å². The summed E-state index contributed by atoms with van der Waals surface area (Å²) in [6.07, 6.45) is 2.32. The summed E-state index contributed by atoms with van der Waals surface area (Å²) in [5.41, 5.74) is 0. The van der Waals surface area contributed by atoms with Gasteiger partial charge in [-0.25, -0.2) is 12.7 Å². The Balaban J connectivity index is 2.64. The van der Waals surface area contributed by atoms with Crippen molar-refractivity contribution in [3.05, 3.63) is 12.7 Å². The van der Waals surface area contributed by atoms with Gasteiger partial charge in [0.05, 0.1) is 5.75 Å². The molecule has 1 aliphatic heterocycles. The van der Waals surface area contributed by atoms with E-state index in [-0.39, 0.29) is 11.8 Å². The van der Waals surface area contributed by atoms with Gasteiger partial charge in [-0.3, -0.25) is 0 Å². The summed E-state index contributed by atoms with van der Waals surface area (Å²) < 4.78 is 24.5. The van der Waals surface area contributed by atoms with Crippen molar-refractivity contribution in [2.24, 2.45) is 0 Å². The van der Waals surface area contributed by atoms with Gasteiger partial charge in [-0.2, -0.15) is 0 Å². The molecule has 13 heavy (non-hydrogen) atoms. The number of likely N-dealkylation sites (N-methyl/N-ethyl adjacent to an activating group) is 1. The Bertz CT molecular complexity index is 268. The lowest BCUT2D eigenvalue weighted by Crippen LogP contribution is -2.39. The van der Waals surface area contributed by atoms with Crippen LogP contribution in [0.2, 0.25) is 0 Å². The lowest BCUT2D eigenvalue weighted by molar-refractivity contribution is 0.389. The molecule has 5 heteroatoms. The molecule has 1 unspecified atom stereocenters. The van der Waals surface area contributed by atoms with E-state index >= 15 is 0 Å². The Morgan fingerprint density at radius 2 is 2.38 bits per heavy atom. The molecule has 1 aliphatic rings. The molecule has 1 N–H and O–H groups in total. The molecule has 0 aromatic heterocycles. The van der Waals surface area contributed by atoms with Gasteiger partial charge in [0, 0.05) is 19.6 Å². The van der Waals surface area contributed by atoms with Gasteiger partial charge in [-0.05, 0) is 13.0 Å². The van der Waals surface area contributed by atoms with E-state index in [1.54, 1.807) is 7.05 Å². The summed E-state index contributed by atoms with van der Waals surface area (Å²) in [6, 6.07) is 0.116. The molecular formula is C8H16N2O2S. The largest absolute Gasteiger partial charge is 0.315 e. The maximum absolute atomic E-state index is 11.5. The second kappa shape index (κ2) is 4.21. The first kappa shape index (κ1) is 10.7. The van der Waals surface area contributed by atoms with E-state index in [0.29, 0.717) is 0 Å². The molecule has 0 bridgehead atoms. The predicted molar refractivity (Wildman–Crippen MR) is 53.0 cm³/mol. The number of nitrogens with zero attached hydrogens (tertiary/aromatic N) is 1. The lowest BCUT2D eigenvalue weighted by Gasteiger charge is -2.22. The SMILES string of the molecule is C=CCS(=O)(=O)N(C)C1CCNC1. The predicted octanol–water partition coefficient (Wildman–Crippen LogP) is -0.204. The van der Waals surface area contributed by atoms with Crippen LogP contribution in [0.15, 0.2) is 12.7 Å². The minimum Gasteiger partial charge on any atom is -0.315 e. The maximum Gasteiger partial charge on any atom is 0.217 e. The zero-order valence-electron chi connectivity index (χ0n) is 7.86. The zero-order valence-corrected chi connectivity index (χ0v) is 8.68. The van der Waals surface area contributed by atoms with Gasteiger partial charge in [-0.15, -0.1) is 6.58 Å². The van der Waals surface area contributed by atoms with Gasteiger partial charge in [0.2, 0.25) is 10.0 Å². The summed E-state index contributed by atoms with van der Waals surface area (Å²) in [7, 11) is -1.48. The van der Waals surface area contributed by atoms with Crippen LogP contribution in [0, 0.1) is 0 Å². The minimum atomic E-state index is -3.12. The quantitative estimate of drug-likeness (QED) is 0.645. The number of nitrogens with one attached hydrogen (secondary N) is 1. The molecule has 1 atom stereocenters. The van der Waals surface area contributed by atoms with Crippen LogP contribution in [0.1, 0.15) is 6.42 Å². The van der Waals surface area contributed by atoms with Crippen molar-refractivity contribution < 1.29 is 8.42 Å². The highest BCUT2D eigenvalue weighted by Gasteiger charge is 2.27. The Morgan fingerprint density at radius 3 is 2.85 bits per heavy atom. The molecule has 76 valence electrons. The Labute approximate surface area is 79.7 Å². The summed E-state index contributed by atoms with van der Waals surface area (Å²) in [6.45, 7) is 5.09. The normalized spacial score (nSPS) is 23.7. The third-order valence-corrected chi connectivity index (χ3v) is 4.15. The van der Waals surface area contributed by atoms with Crippen LogP contribution in [0.25, 0.3) is 0 Å². The smallest absolute Gasteiger partial charge is 0.217 e. The first-order chi connectivity index (χ1) is 6.08. The van der Waals surface area contributed by atoms with E-state index in [2.05, 4.69) is 11.9 Å². The van der Waals surface area contributed by atoms with Gasteiger partial charge in [-0.1, -0.05) is 6.08 Å². The molecule has 4 nitrogen and oxygen atoms in total. The second-order valence-corrected chi connectivity index (χ2v) is 5.30. The van der Waals surface area contributed by atoms with Crippen molar-refractivity contribution in [3.8, 4) is 0 Å². The number of rotatable bonds is 4. The second-order valence-electron chi connectivity index (χ2n) is 3.23. The van der Waals surface area contributed by atoms with Crippen molar-refractivity contribution >= 4 is 10.0 Å². The van der Waals surface area contributed by atoms with Crippen LogP contribution in [-0.4, -0.2) is 44.7 Å². The average molecular weight is 204 g/mol. The number of hydrogen-bond donors (Lipinski definition) is 1.